The summed E-state index contributed by atoms with van der Waals surface area (Å²) in [5.41, 5.74) is 0. The van der Waals surface area contributed by atoms with Gasteiger partial charge in [-0.25, -0.2) is 0 Å². The maximum atomic E-state index is 11.0. The van der Waals surface area contributed by atoms with Gasteiger partial charge in [-0.2, -0.15) is 25.3 Å². The Kier molecular flexibility index (Phi) is 8.23. The zero-order chi connectivity index (χ0) is 12.9. The molecule has 120 valence electrons. The fraction of sp³-hybridized carbons (Fsp3) is 0. The monoisotopic (exact) mass is 396 g/mol. The fourth-order valence-electron chi connectivity index (χ4n) is 0.679. The van der Waals surface area contributed by atoms with Crippen LogP contribution in [-0.4, -0.2) is 72.0 Å². The van der Waals surface area contributed by atoms with Gasteiger partial charge in [0.05, 0.1) is 0 Å². The summed E-state index contributed by atoms with van der Waals surface area (Å²) in [7, 11) is -13.1. The maximum absolute atomic E-state index is 11.0. The Hall–Kier alpha value is 0.555. The topological polar surface area (TPSA) is 252 Å². The van der Waals surface area contributed by atoms with Crippen LogP contribution >= 0.6 is 0 Å². The third-order valence-corrected chi connectivity index (χ3v) is 10.6. The molecule has 0 amide bonds. The van der Waals surface area contributed by atoms with Gasteiger partial charge in [0.15, 0.2) is 0 Å². The van der Waals surface area contributed by atoms with Crippen molar-refractivity contribution in [2.75, 3.05) is 0 Å². The van der Waals surface area contributed by atoms with Gasteiger partial charge < -0.3 is 35.8 Å². The minimum Gasteiger partial charge on any atom is -0.412 e. The van der Waals surface area contributed by atoms with Crippen LogP contribution in [0.5, 0.6) is 0 Å². The van der Waals surface area contributed by atoms with Crippen LogP contribution in [0.25, 0.3) is 0 Å². The Balaban J connectivity index is 0. The van der Waals surface area contributed by atoms with Crippen molar-refractivity contribution in [3.05, 3.63) is 0 Å². The molecule has 0 saturated carbocycles. The molecule has 2 fully saturated rings. The molecule has 15 nitrogen and oxygen atoms in total. The molecule has 2 heterocycles. The minimum atomic E-state index is -4.71. The van der Waals surface area contributed by atoms with E-state index in [4.69, 9.17) is 0 Å². The van der Waals surface area contributed by atoms with Crippen molar-refractivity contribution in [1.29, 1.82) is 0 Å². The van der Waals surface area contributed by atoms with Crippen molar-refractivity contribution >= 4 is 61.5 Å². The highest BCUT2D eigenvalue weighted by molar-refractivity contribution is 7.88. The molecule has 6 N–H and O–H groups in total. The van der Waals surface area contributed by atoms with Crippen LogP contribution in [0.2, 0.25) is 0 Å². The summed E-state index contributed by atoms with van der Waals surface area (Å²) in [5.74, 6) is 0. The molecule has 0 spiro atoms. The number of hydrogen-bond acceptors (Lipinski definition) is 12. The lowest BCUT2D eigenvalue weighted by Crippen LogP contribution is -2.48. The predicted molar refractivity (Wildman–Crippen MR) is 55.6 cm³/mol. The smallest absolute Gasteiger partial charge is 0.412 e. The van der Waals surface area contributed by atoms with Crippen molar-refractivity contribution in [1.82, 2.24) is 0 Å². The van der Waals surface area contributed by atoms with Crippen LogP contribution in [0.1, 0.15) is 0 Å². The zero-order valence-corrected chi connectivity index (χ0v) is 13.5. The molecule has 2 aliphatic heterocycles. The van der Waals surface area contributed by atoms with E-state index in [9.17, 15) is 25.3 Å². The Morgan fingerprint density at radius 2 is 0.950 bits per heavy atom. The molecule has 20 heavy (non-hydrogen) atoms. The summed E-state index contributed by atoms with van der Waals surface area (Å²) < 4.78 is 87.1. The lowest BCUT2D eigenvalue weighted by Gasteiger charge is -2.22. The zero-order valence-electron chi connectivity index (χ0n) is 8.78. The molecule has 2 rings (SSSR count). The van der Waals surface area contributed by atoms with Gasteiger partial charge in [-0.15, -0.1) is 0 Å². The second-order valence-electron chi connectivity index (χ2n) is 2.38. The summed E-state index contributed by atoms with van der Waals surface area (Å²) in [5, 5.41) is 0. The summed E-state index contributed by atoms with van der Waals surface area (Å²) in [4.78, 5) is 0. The summed E-state index contributed by atoms with van der Waals surface area (Å²) in [6.07, 6.45) is 0. The molecule has 20 heteroatoms. The highest BCUT2D eigenvalue weighted by Gasteiger charge is 2.60. The third-order valence-electron chi connectivity index (χ3n) is 1.18. The fourth-order valence-corrected chi connectivity index (χ4v) is 7.67. The van der Waals surface area contributed by atoms with E-state index in [-0.39, 0.29) is 16.4 Å². The molecule has 0 aromatic carbocycles. The van der Waals surface area contributed by atoms with E-state index in [1.165, 1.54) is 0 Å². The van der Waals surface area contributed by atoms with Crippen LogP contribution in [0.4, 0.5) is 0 Å². The van der Waals surface area contributed by atoms with E-state index >= 15 is 0 Å². The molecule has 0 aromatic rings. The Bertz CT molecular complexity index is 534. The first kappa shape index (κ1) is 22.8. The van der Waals surface area contributed by atoms with Crippen molar-refractivity contribution in [3.8, 4) is 0 Å². The average molecular weight is 396 g/mol. The second kappa shape index (κ2) is 7.21. The van der Waals surface area contributed by atoms with E-state index in [2.05, 4.69) is 19.4 Å². The van der Waals surface area contributed by atoms with Gasteiger partial charge in [0.2, 0.25) is 0 Å². The summed E-state index contributed by atoms with van der Waals surface area (Å²) >= 11 is -6.74. The number of hydrogen-bond donors (Lipinski definition) is 0. The third kappa shape index (κ3) is 6.12. The molecule has 0 bridgehead atoms. The minimum absolute atomic E-state index is 0. The second-order valence-corrected chi connectivity index (χ2v) is 10.6. The summed E-state index contributed by atoms with van der Waals surface area (Å²) in [6.45, 7) is 0. The molecule has 0 unspecified atom stereocenters. The van der Waals surface area contributed by atoms with E-state index < -0.39 is 61.5 Å². The highest BCUT2D eigenvalue weighted by Crippen LogP contribution is 2.21. The van der Waals surface area contributed by atoms with Crippen LogP contribution in [0, 0.1) is 0 Å². The first-order chi connectivity index (χ1) is 7.57. The molecular formula is H6Al2O15S3. The number of rotatable bonds is 4. The van der Waals surface area contributed by atoms with Gasteiger partial charge in [0.1, 0.15) is 0 Å². The Morgan fingerprint density at radius 3 is 1.15 bits per heavy atom. The van der Waals surface area contributed by atoms with Crippen molar-refractivity contribution in [2.45, 2.75) is 0 Å². The van der Waals surface area contributed by atoms with Crippen LogP contribution in [-0.2, 0) is 50.6 Å². The quantitative estimate of drug-likeness (QED) is 0.403. The standard InChI is InChI=1S/2Al.3H2O4S.3H2O/c;;3*1-5(2,3)4;;;/h;;3*(H2,1,2,3,4);3*1H2/q2*+3;;;;;;/p-6. The van der Waals surface area contributed by atoms with Crippen LogP contribution in [0.3, 0.4) is 0 Å². The van der Waals surface area contributed by atoms with Gasteiger partial charge in [-0.05, 0) is 0 Å². The SMILES string of the molecule is O.O.O.O=S1(=O)[O][Al]([O]S(=O)(=O)[O][Al]2[O]S(=O)(=O)[O]2)[O]1. The summed E-state index contributed by atoms with van der Waals surface area (Å²) in [6, 6.07) is 0. The van der Waals surface area contributed by atoms with Gasteiger partial charge in [0.25, 0.3) is 0 Å². The predicted octanol–water partition coefficient (Wildman–Crippen LogP) is -5.66. The molecule has 2 saturated heterocycles. The molecular weight excluding hydrogens is 390 g/mol. The first-order valence-electron chi connectivity index (χ1n) is 3.41. The first-order valence-corrected chi connectivity index (χ1v) is 10.2. The van der Waals surface area contributed by atoms with Gasteiger partial charge in [-0.3, -0.25) is 0 Å². The van der Waals surface area contributed by atoms with Crippen LogP contribution < -0.4 is 0 Å². The Labute approximate surface area is 122 Å². The van der Waals surface area contributed by atoms with E-state index in [0.717, 1.165) is 0 Å². The Morgan fingerprint density at radius 1 is 0.700 bits per heavy atom. The molecule has 0 radical (unpaired) electrons. The van der Waals surface area contributed by atoms with Crippen LogP contribution in [0.15, 0.2) is 0 Å². The molecule has 2 aliphatic rings. The lowest BCUT2D eigenvalue weighted by molar-refractivity contribution is 0.189. The van der Waals surface area contributed by atoms with E-state index in [1.54, 1.807) is 0 Å². The van der Waals surface area contributed by atoms with Crippen molar-refractivity contribution in [2.24, 2.45) is 0 Å². The van der Waals surface area contributed by atoms with Gasteiger partial charge in [0, 0.05) is 0 Å². The van der Waals surface area contributed by atoms with E-state index in [0.29, 0.717) is 0 Å². The van der Waals surface area contributed by atoms with Crippen molar-refractivity contribution < 1.29 is 61.1 Å². The van der Waals surface area contributed by atoms with Gasteiger partial charge in [-0.1, -0.05) is 0 Å². The van der Waals surface area contributed by atoms with Crippen molar-refractivity contribution in [3.63, 3.8) is 0 Å². The largest absolute Gasteiger partial charge is 0.956 e. The lowest BCUT2D eigenvalue weighted by atomic mass is 15.6. The maximum Gasteiger partial charge on any atom is 0.956 e. The van der Waals surface area contributed by atoms with Gasteiger partial charge >= 0.3 is 61.5 Å². The average Bonchev–Trinajstić information content (AvgIpc) is 1.94. The molecule has 0 atom stereocenters. The highest BCUT2D eigenvalue weighted by atomic mass is 32.3. The molecule has 0 aromatic heterocycles. The molecule has 0 aliphatic carbocycles. The van der Waals surface area contributed by atoms with E-state index in [1.807, 2.05) is 0 Å². The normalized spacial score (nSPS) is 22.2.